The summed E-state index contributed by atoms with van der Waals surface area (Å²) in [7, 11) is 3.96. The number of nitrogens with zero attached hydrogens (tertiary/aromatic N) is 1. The first-order valence-electron chi connectivity index (χ1n) is 7.47. The maximum absolute atomic E-state index is 11.8. The Morgan fingerprint density at radius 1 is 1.05 bits per heavy atom. The zero-order valence-electron chi connectivity index (χ0n) is 13.3. The summed E-state index contributed by atoms with van der Waals surface area (Å²) < 4.78 is 0. The topological polar surface area (TPSA) is 61.4 Å². The largest absolute Gasteiger partial charge is 0.378 e. The third-order valence-electron chi connectivity index (χ3n) is 3.21. The summed E-state index contributed by atoms with van der Waals surface area (Å²) in [5.41, 5.74) is 1.91. The molecule has 5 nitrogen and oxygen atoms in total. The van der Waals surface area contributed by atoms with Crippen molar-refractivity contribution in [1.29, 1.82) is 0 Å². The molecule has 0 aliphatic carbocycles. The minimum absolute atomic E-state index is 0.0250. The van der Waals surface area contributed by atoms with Gasteiger partial charge in [-0.1, -0.05) is 6.42 Å². The summed E-state index contributed by atoms with van der Waals surface area (Å²) >= 11 is 3.88. The van der Waals surface area contributed by atoms with Crippen molar-refractivity contribution in [2.75, 3.05) is 36.6 Å². The lowest BCUT2D eigenvalue weighted by molar-refractivity contribution is -0.118. The van der Waals surface area contributed by atoms with Crippen LogP contribution in [0.2, 0.25) is 0 Å². The molecule has 1 aromatic rings. The Hall–Kier alpha value is -1.69. The molecule has 0 heterocycles. The number of benzene rings is 1. The summed E-state index contributed by atoms with van der Waals surface area (Å²) in [5.74, 6) is 0.189. The van der Waals surface area contributed by atoms with E-state index < -0.39 is 0 Å². The molecule has 6 heteroatoms. The van der Waals surface area contributed by atoms with Gasteiger partial charge in [0.1, 0.15) is 0 Å². The number of rotatable bonds is 9. The Bertz CT molecular complexity index is 475. The van der Waals surface area contributed by atoms with Crippen LogP contribution >= 0.6 is 12.6 Å². The highest BCUT2D eigenvalue weighted by atomic mass is 32.1. The molecule has 1 rings (SSSR count). The Morgan fingerprint density at radius 2 is 1.73 bits per heavy atom. The van der Waals surface area contributed by atoms with E-state index in [1.807, 2.05) is 43.3 Å². The molecule has 22 heavy (non-hydrogen) atoms. The average Bonchev–Trinajstić information content (AvgIpc) is 2.50. The van der Waals surface area contributed by atoms with E-state index in [0.29, 0.717) is 13.0 Å². The molecule has 0 unspecified atom stereocenters. The van der Waals surface area contributed by atoms with Crippen LogP contribution in [0.1, 0.15) is 25.7 Å². The van der Waals surface area contributed by atoms with Crippen molar-refractivity contribution in [3.8, 4) is 0 Å². The fourth-order valence-electron chi connectivity index (χ4n) is 1.94. The van der Waals surface area contributed by atoms with Crippen molar-refractivity contribution in [1.82, 2.24) is 5.32 Å². The molecule has 0 saturated carbocycles. The molecular weight excluding hydrogens is 298 g/mol. The molecular formula is C16H25N3O2S. The molecule has 1 aromatic carbocycles. The van der Waals surface area contributed by atoms with Crippen molar-refractivity contribution in [2.45, 2.75) is 25.7 Å². The number of hydrogen-bond donors (Lipinski definition) is 3. The van der Waals surface area contributed by atoms with E-state index in [2.05, 4.69) is 23.3 Å². The summed E-state index contributed by atoms with van der Waals surface area (Å²) in [6.45, 7) is 0.646. The Balaban J connectivity index is 2.17. The molecule has 0 aliphatic heterocycles. The maximum Gasteiger partial charge on any atom is 0.229 e. The molecule has 122 valence electrons. The van der Waals surface area contributed by atoms with Gasteiger partial charge in [0.2, 0.25) is 11.8 Å². The third kappa shape index (κ3) is 7.36. The first kappa shape index (κ1) is 18.4. The predicted octanol–water partition coefficient (Wildman–Crippen LogP) is 2.30. The summed E-state index contributed by atoms with van der Waals surface area (Å²) in [4.78, 5) is 24.8. The highest BCUT2D eigenvalue weighted by molar-refractivity contribution is 7.81. The van der Waals surface area contributed by atoms with Crippen LogP contribution in [-0.2, 0) is 9.59 Å². The normalized spacial score (nSPS) is 10.1. The monoisotopic (exact) mass is 323 g/mol. The van der Waals surface area contributed by atoms with Crippen LogP contribution in [0, 0.1) is 0 Å². The Labute approximate surface area is 137 Å². The lowest BCUT2D eigenvalue weighted by Crippen LogP contribution is -2.25. The average molecular weight is 323 g/mol. The molecule has 0 aromatic heterocycles. The summed E-state index contributed by atoms with van der Waals surface area (Å²) in [5, 5.41) is 5.64. The second-order valence-corrected chi connectivity index (χ2v) is 5.62. The number of anilines is 2. The van der Waals surface area contributed by atoms with Crippen LogP contribution in [0.25, 0.3) is 0 Å². The molecule has 0 bridgehead atoms. The molecule has 0 atom stereocenters. The second kappa shape index (κ2) is 10.1. The fraction of sp³-hybridized carbons (Fsp3) is 0.500. The number of thiol groups is 1. The standard InChI is InChI=1S/C16H25N3O2S/c1-19(2)14-9-7-13(8-10-14)18-15(20)6-4-3-5-11-17-16(21)12-22/h7-10,22H,3-6,11-12H2,1-2H3,(H,17,21)(H,18,20). The van der Waals surface area contributed by atoms with Crippen molar-refractivity contribution >= 4 is 35.8 Å². The molecule has 0 spiro atoms. The molecule has 2 N–H and O–H groups in total. The highest BCUT2D eigenvalue weighted by Gasteiger charge is 2.03. The van der Waals surface area contributed by atoms with E-state index in [9.17, 15) is 9.59 Å². The lowest BCUT2D eigenvalue weighted by Gasteiger charge is -2.13. The van der Waals surface area contributed by atoms with E-state index in [1.54, 1.807) is 0 Å². The zero-order chi connectivity index (χ0) is 16.4. The number of hydrogen-bond acceptors (Lipinski definition) is 4. The third-order valence-corrected chi connectivity index (χ3v) is 3.50. The Kier molecular flexibility index (Phi) is 8.43. The molecule has 0 aliphatic rings. The second-order valence-electron chi connectivity index (χ2n) is 5.31. The van der Waals surface area contributed by atoms with Gasteiger partial charge in [0.15, 0.2) is 0 Å². The first-order valence-corrected chi connectivity index (χ1v) is 8.11. The summed E-state index contributed by atoms with van der Waals surface area (Å²) in [6.07, 6.45) is 3.11. The van der Waals surface area contributed by atoms with Gasteiger partial charge >= 0.3 is 0 Å². The molecule has 0 radical (unpaired) electrons. The van der Waals surface area contributed by atoms with Crippen LogP contribution in [0.15, 0.2) is 24.3 Å². The predicted molar refractivity (Wildman–Crippen MR) is 94.7 cm³/mol. The number of amides is 2. The fourth-order valence-corrected chi connectivity index (χ4v) is 2.05. The van der Waals surface area contributed by atoms with Crippen LogP contribution < -0.4 is 15.5 Å². The number of nitrogens with one attached hydrogen (secondary N) is 2. The first-order chi connectivity index (χ1) is 10.5. The van der Waals surface area contributed by atoms with Gasteiger partial charge in [-0.3, -0.25) is 9.59 Å². The summed E-state index contributed by atoms with van der Waals surface area (Å²) in [6, 6.07) is 7.75. The minimum atomic E-state index is -0.0535. The van der Waals surface area contributed by atoms with Crippen LogP contribution in [0.4, 0.5) is 11.4 Å². The van der Waals surface area contributed by atoms with Crippen LogP contribution in [0.3, 0.4) is 0 Å². The van der Waals surface area contributed by atoms with Gasteiger partial charge in [-0.25, -0.2) is 0 Å². The van der Waals surface area contributed by atoms with Gasteiger partial charge in [-0.2, -0.15) is 12.6 Å². The van der Waals surface area contributed by atoms with Crippen molar-refractivity contribution in [3.05, 3.63) is 24.3 Å². The van der Waals surface area contributed by atoms with Crippen LogP contribution in [0.5, 0.6) is 0 Å². The van der Waals surface area contributed by atoms with E-state index >= 15 is 0 Å². The zero-order valence-corrected chi connectivity index (χ0v) is 14.2. The smallest absolute Gasteiger partial charge is 0.229 e. The maximum atomic E-state index is 11.8. The molecule has 0 fully saturated rings. The SMILES string of the molecule is CN(C)c1ccc(NC(=O)CCCCCNC(=O)CS)cc1. The van der Waals surface area contributed by atoms with Gasteiger partial charge in [-0.05, 0) is 37.1 Å². The number of unbranched alkanes of at least 4 members (excludes halogenated alkanes) is 2. The van der Waals surface area contributed by atoms with E-state index in [-0.39, 0.29) is 17.6 Å². The Morgan fingerprint density at radius 3 is 2.32 bits per heavy atom. The van der Waals surface area contributed by atoms with Gasteiger partial charge in [0.25, 0.3) is 0 Å². The number of carbonyl (C=O) groups is 2. The van der Waals surface area contributed by atoms with E-state index in [0.717, 1.165) is 30.6 Å². The van der Waals surface area contributed by atoms with Gasteiger partial charge < -0.3 is 15.5 Å². The van der Waals surface area contributed by atoms with Crippen molar-refractivity contribution < 1.29 is 9.59 Å². The minimum Gasteiger partial charge on any atom is -0.378 e. The lowest BCUT2D eigenvalue weighted by atomic mass is 10.2. The van der Waals surface area contributed by atoms with Crippen molar-refractivity contribution in [3.63, 3.8) is 0 Å². The van der Waals surface area contributed by atoms with Crippen LogP contribution in [-0.4, -0.2) is 38.2 Å². The van der Waals surface area contributed by atoms with E-state index in [4.69, 9.17) is 0 Å². The molecule has 0 saturated heterocycles. The quantitative estimate of drug-likeness (QED) is 0.483. The highest BCUT2D eigenvalue weighted by Crippen LogP contribution is 2.16. The molecule has 2 amide bonds. The van der Waals surface area contributed by atoms with Gasteiger partial charge in [0.05, 0.1) is 5.75 Å². The number of carbonyl (C=O) groups excluding carboxylic acids is 2. The van der Waals surface area contributed by atoms with E-state index in [1.165, 1.54) is 0 Å². The van der Waals surface area contributed by atoms with Gasteiger partial charge in [0, 0.05) is 38.4 Å². The van der Waals surface area contributed by atoms with Crippen molar-refractivity contribution in [2.24, 2.45) is 0 Å². The van der Waals surface area contributed by atoms with Gasteiger partial charge in [-0.15, -0.1) is 0 Å².